The Labute approximate surface area is 126 Å². The van der Waals surface area contributed by atoms with Gasteiger partial charge in [-0.05, 0) is 31.0 Å². The first kappa shape index (κ1) is 15.7. The zero-order chi connectivity index (χ0) is 15.7. The molecule has 0 radical (unpaired) electrons. The van der Waals surface area contributed by atoms with Gasteiger partial charge in [0.15, 0.2) is 0 Å². The highest BCUT2D eigenvalue weighted by atomic mass is 32.2. The maximum atomic E-state index is 12.2. The molecule has 6 heteroatoms. The lowest BCUT2D eigenvalue weighted by Gasteiger charge is -2.25. The highest BCUT2D eigenvalue weighted by molar-refractivity contribution is 7.84. The van der Waals surface area contributed by atoms with Crippen molar-refractivity contribution in [3.8, 4) is 0 Å². The molecule has 0 bridgehead atoms. The van der Waals surface area contributed by atoms with Gasteiger partial charge in [0.25, 0.3) is 0 Å². The Balaban J connectivity index is 2.05. The highest BCUT2D eigenvalue weighted by Gasteiger charge is 2.49. The lowest BCUT2D eigenvalue weighted by molar-refractivity contribution is -0.142. The van der Waals surface area contributed by atoms with E-state index in [0.717, 1.165) is 10.5 Å². The molecule has 1 fully saturated rings. The molecule has 0 aliphatic heterocycles. The van der Waals surface area contributed by atoms with Crippen LogP contribution < -0.4 is 0 Å². The van der Waals surface area contributed by atoms with Crippen molar-refractivity contribution >= 4 is 22.7 Å². The van der Waals surface area contributed by atoms with E-state index in [1.807, 2.05) is 19.1 Å². The Hall–Kier alpha value is -1.69. The second kappa shape index (κ2) is 5.97. The van der Waals surface area contributed by atoms with E-state index >= 15 is 0 Å². The van der Waals surface area contributed by atoms with Crippen LogP contribution >= 0.6 is 0 Å². The van der Waals surface area contributed by atoms with E-state index in [-0.39, 0.29) is 11.9 Å². The van der Waals surface area contributed by atoms with Crippen molar-refractivity contribution in [2.75, 3.05) is 13.3 Å². The summed E-state index contributed by atoms with van der Waals surface area (Å²) in [5.41, 5.74) is 0.938. The summed E-state index contributed by atoms with van der Waals surface area (Å²) in [4.78, 5) is 25.4. The first-order valence-corrected chi connectivity index (χ1v) is 8.31. The molecule has 0 aromatic heterocycles. The quantitative estimate of drug-likeness (QED) is 0.897. The zero-order valence-electron chi connectivity index (χ0n) is 12.3. The Morgan fingerprint density at radius 3 is 2.29 bits per heavy atom. The molecule has 1 aromatic rings. The van der Waals surface area contributed by atoms with Crippen molar-refractivity contribution < 1.29 is 18.9 Å². The van der Waals surface area contributed by atoms with Crippen molar-refractivity contribution in [3.05, 3.63) is 29.8 Å². The maximum absolute atomic E-state index is 12.2. The van der Waals surface area contributed by atoms with Crippen LogP contribution in [0.4, 0.5) is 0 Å². The number of carbonyl (C=O) groups is 2. The number of hydrogen-bond acceptors (Lipinski definition) is 3. The van der Waals surface area contributed by atoms with E-state index in [0.29, 0.717) is 6.42 Å². The lowest BCUT2D eigenvalue weighted by Crippen LogP contribution is -2.31. The molecular formula is C15H19NO4S. The summed E-state index contributed by atoms with van der Waals surface area (Å²) in [6.45, 7) is 1.90. The van der Waals surface area contributed by atoms with Crippen molar-refractivity contribution in [3.63, 3.8) is 0 Å². The van der Waals surface area contributed by atoms with Crippen LogP contribution in [-0.2, 0) is 20.4 Å². The lowest BCUT2D eigenvalue weighted by atomic mass is 10.1. The van der Waals surface area contributed by atoms with Crippen LogP contribution in [0, 0.1) is 11.8 Å². The van der Waals surface area contributed by atoms with Crippen LogP contribution in [0.5, 0.6) is 0 Å². The molecule has 21 heavy (non-hydrogen) atoms. The number of carbonyl (C=O) groups excluding carboxylic acids is 1. The molecule has 5 nitrogen and oxygen atoms in total. The number of hydrogen-bond donors (Lipinski definition) is 1. The molecule has 0 unspecified atom stereocenters. The standard InChI is InChI=1S/C15H19NO4S/c1-9(10-4-6-11(7-5-10)21(3)20)16(2)14(17)12-8-13(12)15(18)19/h4-7,9,12-13H,8H2,1-3H3,(H,18,19)/t9-,12+,13+,21+/m1/s1. The summed E-state index contributed by atoms with van der Waals surface area (Å²) in [6, 6.07) is 7.14. The van der Waals surface area contributed by atoms with Gasteiger partial charge < -0.3 is 10.0 Å². The van der Waals surface area contributed by atoms with E-state index in [1.165, 1.54) is 0 Å². The third kappa shape index (κ3) is 3.32. The zero-order valence-corrected chi connectivity index (χ0v) is 13.1. The average Bonchev–Trinajstić information content (AvgIpc) is 3.25. The predicted molar refractivity (Wildman–Crippen MR) is 79.2 cm³/mol. The predicted octanol–water partition coefficient (Wildman–Crippen LogP) is 1.66. The number of rotatable bonds is 5. The molecule has 114 valence electrons. The Morgan fingerprint density at radius 1 is 1.29 bits per heavy atom. The molecule has 0 saturated heterocycles. The average molecular weight is 309 g/mol. The molecule has 2 rings (SSSR count). The minimum absolute atomic E-state index is 0.127. The molecule has 1 aliphatic rings. The molecule has 1 N–H and O–H groups in total. The summed E-state index contributed by atoms with van der Waals surface area (Å²) in [5, 5.41) is 8.89. The van der Waals surface area contributed by atoms with E-state index < -0.39 is 28.6 Å². The Morgan fingerprint density at radius 2 is 1.86 bits per heavy atom. The summed E-state index contributed by atoms with van der Waals surface area (Å²) >= 11 is 0. The van der Waals surface area contributed by atoms with Crippen LogP contribution in [0.25, 0.3) is 0 Å². The first-order chi connectivity index (χ1) is 9.82. The van der Waals surface area contributed by atoms with Crippen LogP contribution in [0.2, 0.25) is 0 Å². The maximum Gasteiger partial charge on any atom is 0.307 e. The number of amides is 1. The Bertz CT molecular complexity index is 584. The van der Waals surface area contributed by atoms with Crippen LogP contribution in [0.1, 0.15) is 24.9 Å². The summed E-state index contributed by atoms with van der Waals surface area (Å²) in [5.74, 6) is -1.95. The molecule has 1 aromatic carbocycles. The molecule has 1 aliphatic carbocycles. The van der Waals surface area contributed by atoms with E-state index in [2.05, 4.69) is 0 Å². The monoisotopic (exact) mass is 309 g/mol. The number of benzene rings is 1. The van der Waals surface area contributed by atoms with Crippen molar-refractivity contribution in [1.29, 1.82) is 0 Å². The van der Waals surface area contributed by atoms with Gasteiger partial charge in [-0.15, -0.1) is 0 Å². The molecule has 0 heterocycles. The van der Waals surface area contributed by atoms with Gasteiger partial charge in [0, 0.05) is 29.0 Å². The van der Waals surface area contributed by atoms with Gasteiger partial charge in [-0.2, -0.15) is 0 Å². The van der Waals surface area contributed by atoms with Gasteiger partial charge >= 0.3 is 5.97 Å². The first-order valence-electron chi connectivity index (χ1n) is 6.75. The number of carboxylic acids is 1. The summed E-state index contributed by atoms with van der Waals surface area (Å²) < 4.78 is 11.4. The van der Waals surface area contributed by atoms with Crippen LogP contribution in [0.3, 0.4) is 0 Å². The summed E-state index contributed by atoms with van der Waals surface area (Å²) in [7, 11) is 0.667. The van der Waals surface area contributed by atoms with Gasteiger partial charge in [-0.1, -0.05) is 12.1 Å². The molecule has 1 amide bonds. The van der Waals surface area contributed by atoms with Crippen molar-refractivity contribution in [1.82, 2.24) is 4.90 Å². The fraction of sp³-hybridized carbons (Fsp3) is 0.467. The number of nitrogens with zero attached hydrogens (tertiary/aromatic N) is 1. The fourth-order valence-electron chi connectivity index (χ4n) is 2.35. The van der Waals surface area contributed by atoms with Crippen molar-refractivity contribution in [2.45, 2.75) is 24.3 Å². The topological polar surface area (TPSA) is 74.7 Å². The van der Waals surface area contributed by atoms with Gasteiger partial charge in [0.2, 0.25) is 5.91 Å². The van der Waals surface area contributed by atoms with Crippen molar-refractivity contribution in [2.24, 2.45) is 11.8 Å². The van der Waals surface area contributed by atoms with E-state index in [1.54, 1.807) is 30.3 Å². The van der Waals surface area contributed by atoms with E-state index in [9.17, 15) is 13.8 Å². The molecule has 0 spiro atoms. The SMILES string of the molecule is C[C@H](c1ccc([S@](C)=O)cc1)N(C)C(=O)[C@H]1C[C@@H]1C(=O)O. The van der Waals surface area contributed by atoms with Gasteiger partial charge in [0.05, 0.1) is 17.9 Å². The van der Waals surface area contributed by atoms with Gasteiger partial charge in [-0.25, -0.2) is 0 Å². The van der Waals surface area contributed by atoms with Gasteiger partial charge in [0.1, 0.15) is 0 Å². The number of aliphatic carboxylic acids is 1. The Kier molecular flexibility index (Phi) is 4.46. The van der Waals surface area contributed by atoms with Crippen LogP contribution in [0.15, 0.2) is 29.2 Å². The van der Waals surface area contributed by atoms with Gasteiger partial charge in [-0.3, -0.25) is 13.8 Å². The molecule has 1 saturated carbocycles. The molecular weight excluding hydrogens is 290 g/mol. The minimum Gasteiger partial charge on any atom is -0.481 e. The fourth-order valence-corrected chi connectivity index (χ4v) is 2.87. The number of carboxylic acid groups (broad SMARTS) is 1. The highest BCUT2D eigenvalue weighted by Crippen LogP contribution is 2.41. The third-order valence-electron chi connectivity index (χ3n) is 4.05. The normalized spacial score (nSPS) is 23.2. The third-order valence-corrected chi connectivity index (χ3v) is 4.98. The second-order valence-corrected chi connectivity index (χ2v) is 6.81. The molecule has 4 atom stereocenters. The smallest absolute Gasteiger partial charge is 0.307 e. The van der Waals surface area contributed by atoms with E-state index in [4.69, 9.17) is 5.11 Å². The largest absolute Gasteiger partial charge is 0.481 e. The minimum atomic E-state index is -1.02. The second-order valence-electron chi connectivity index (χ2n) is 5.44. The summed E-state index contributed by atoms with van der Waals surface area (Å²) in [6.07, 6.45) is 2.05. The van der Waals surface area contributed by atoms with Crippen LogP contribution in [-0.4, -0.2) is 39.4 Å².